The third-order valence-corrected chi connectivity index (χ3v) is 4.58. The summed E-state index contributed by atoms with van der Waals surface area (Å²) >= 11 is 0. The number of nitrogens with zero attached hydrogens (tertiary/aromatic N) is 1. The van der Waals surface area contributed by atoms with E-state index in [-0.39, 0.29) is 24.1 Å². The van der Waals surface area contributed by atoms with Crippen molar-refractivity contribution in [3.8, 4) is 0 Å². The molecule has 0 radical (unpaired) electrons. The largest absolute Gasteiger partial charge is 0.320 e. The van der Waals surface area contributed by atoms with Crippen LogP contribution in [0, 0.1) is 0 Å². The molecule has 1 N–H and O–H groups in total. The molecular formula is C16H18N2O3. The molecule has 21 heavy (non-hydrogen) atoms. The molecule has 0 aromatic heterocycles. The van der Waals surface area contributed by atoms with Gasteiger partial charge in [0.15, 0.2) is 0 Å². The van der Waals surface area contributed by atoms with Crippen LogP contribution in [0.4, 0.5) is 0 Å². The Morgan fingerprint density at radius 2 is 2.05 bits per heavy atom. The van der Waals surface area contributed by atoms with Crippen LogP contribution in [0.3, 0.4) is 0 Å². The van der Waals surface area contributed by atoms with Crippen molar-refractivity contribution >= 4 is 17.7 Å². The minimum absolute atomic E-state index is 0.102. The van der Waals surface area contributed by atoms with Crippen molar-refractivity contribution < 1.29 is 14.4 Å². The summed E-state index contributed by atoms with van der Waals surface area (Å²) < 4.78 is 0. The number of benzene rings is 1. The lowest BCUT2D eigenvalue weighted by molar-refractivity contribution is -0.142. The smallest absolute Gasteiger partial charge is 0.255 e. The first-order valence-corrected chi connectivity index (χ1v) is 7.24. The fourth-order valence-corrected chi connectivity index (χ4v) is 3.18. The second-order valence-electron chi connectivity index (χ2n) is 5.85. The molecular weight excluding hydrogens is 268 g/mol. The zero-order chi connectivity index (χ0) is 15.2. The normalized spacial score (nSPS) is 25.0. The van der Waals surface area contributed by atoms with Crippen LogP contribution in [-0.2, 0) is 22.6 Å². The lowest BCUT2D eigenvalue weighted by Gasteiger charge is -2.39. The molecule has 1 aromatic rings. The van der Waals surface area contributed by atoms with E-state index >= 15 is 0 Å². The van der Waals surface area contributed by atoms with Crippen molar-refractivity contribution in [2.75, 3.05) is 0 Å². The van der Waals surface area contributed by atoms with Gasteiger partial charge < -0.3 is 4.90 Å². The number of imide groups is 1. The van der Waals surface area contributed by atoms with Crippen LogP contribution in [0.15, 0.2) is 18.2 Å². The third-order valence-electron chi connectivity index (χ3n) is 4.58. The van der Waals surface area contributed by atoms with Crippen molar-refractivity contribution in [2.45, 2.75) is 45.2 Å². The molecule has 1 unspecified atom stereocenters. The Morgan fingerprint density at radius 3 is 2.71 bits per heavy atom. The number of rotatable bonds is 2. The van der Waals surface area contributed by atoms with Gasteiger partial charge in [0.1, 0.15) is 5.54 Å². The van der Waals surface area contributed by atoms with Crippen molar-refractivity contribution in [1.82, 2.24) is 10.2 Å². The lowest BCUT2D eigenvalue weighted by atomic mass is 9.89. The molecule has 3 amide bonds. The maximum atomic E-state index is 12.8. The fourth-order valence-electron chi connectivity index (χ4n) is 3.18. The van der Waals surface area contributed by atoms with Crippen LogP contribution in [-0.4, -0.2) is 28.2 Å². The topological polar surface area (TPSA) is 66.5 Å². The van der Waals surface area contributed by atoms with Gasteiger partial charge in [-0.2, -0.15) is 0 Å². The minimum atomic E-state index is -0.949. The van der Waals surface area contributed by atoms with E-state index in [1.54, 1.807) is 11.8 Å². The number of fused-ring (bicyclic) bond motifs is 1. The van der Waals surface area contributed by atoms with Crippen molar-refractivity contribution in [2.24, 2.45) is 0 Å². The van der Waals surface area contributed by atoms with Gasteiger partial charge >= 0.3 is 0 Å². The predicted octanol–water partition coefficient (Wildman–Crippen LogP) is 1.40. The molecule has 5 heteroatoms. The van der Waals surface area contributed by atoms with E-state index in [1.165, 1.54) is 0 Å². The zero-order valence-electron chi connectivity index (χ0n) is 12.2. The van der Waals surface area contributed by atoms with Crippen LogP contribution >= 0.6 is 0 Å². The molecule has 2 aliphatic heterocycles. The molecule has 5 nitrogen and oxygen atoms in total. The highest BCUT2D eigenvalue weighted by atomic mass is 16.2. The number of carbonyl (C=O) groups excluding carboxylic acids is 3. The summed E-state index contributed by atoms with van der Waals surface area (Å²) in [5.41, 5.74) is 1.75. The van der Waals surface area contributed by atoms with Gasteiger partial charge in [0.05, 0.1) is 0 Å². The second-order valence-corrected chi connectivity index (χ2v) is 5.85. The van der Waals surface area contributed by atoms with Gasteiger partial charge in [-0.1, -0.05) is 25.1 Å². The first kappa shape index (κ1) is 13.8. The van der Waals surface area contributed by atoms with E-state index in [0.717, 1.165) is 23.1 Å². The third kappa shape index (κ3) is 1.95. The average molecular weight is 286 g/mol. The summed E-state index contributed by atoms with van der Waals surface area (Å²) in [6, 6.07) is 5.83. The van der Waals surface area contributed by atoms with E-state index in [1.807, 2.05) is 25.1 Å². The molecule has 1 fully saturated rings. The molecule has 1 saturated heterocycles. The second kappa shape index (κ2) is 4.69. The van der Waals surface area contributed by atoms with Crippen LogP contribution in [0.25, 0.3) is 0 Å². The van der Waals surface area contributed by atoms with Crippen molar-refractivity contribution in [3.63, 3.8) is 0 Å². The minimum Gasteiger partial charge on any atom is -0.320 e. The molecule has 2 aliphatic rings. The van der Waals surface area contributed by atoms with Gasteiger partial charge in [0.25, 0.3) is 11.8 Å². The van der Waals surface area contributed by atoms with Gasteiger partial charge in [-0.25, -0.2) is 0 Å². The fraction of sp³-hybridized carbons (Fsp3) is 0.438. The molecule has 110 valence electrons. The monoisotopic (exact) mass is 286 g/mol. The maximum Gasteiger partial charge on any atom is 0.255 e. The number of amides is 3. The summed E-state index contributed by atoms with van der Waals surface area (Å²) in [6.45, 7) is 4.18. The number of carbonyl (C=O) groups is 3. The predicted molar refractivity (Wildman–Crippen MR) is 76.5 cm³/mol. The first-order chi connectivity index (χ1) is 9.97. The molecule has 0 saturated carbocycles. The molecule has 3 rings (SSSR count). The van der Waals surface area contributed by atoms with Gasteiger partial charge in [0.2, 0.25) is 5.91 Å². The number of aryl methyl sites for hydroxylation is 1. The first-order valence-electron chi connectivity index (χ1n) is 7.24. The van der Waals surface area contributed by atoms with Crippen molar-refractivity contribution in [3.05, 3.63) is 34.9 Å². The Balaban J connectivity index is 1.98. The SMILES string of the molecule is CCc1cccc2c1C(=O)N(C1(C)CCC(=O)NC1=O)C2. The molecule has 0 bridgehead atoms. The van der Waals surface area contributed by atoms with Crippen LogP contribution in [0.2, 0.25) is 0 Å². The summed E-state index contributed by atoms with van der Waals surface area (Å²) in [5.74, 6) is -0.747. The van der Waals surface area contributed by atoms with Gasteiger partial charge in [-0.3, -0.25) is 19.7 Å². The molecule has 0 aliphatic carbocycles. The molecule has 1 aromatic carbocycles. The highest BCUT2D eigenvalue weighted by molar-refractivity contribution is 6.07. The Labute approximate surface area is 123 Å². The summed E-state index contributed by atoms with van der Waals surface area (Å²) in [6.07, 6.45) is 1.42. The lowest BCUT2D eigenvalue weighted by Crippen LogP contribution is -2.61. The summed E-state index contributed by atoms with van der Waals surface area (Å²) in [7, 11) is 0. The van der Waals surface area contributed by atoms with E-state index in [2.05, 4.69) is 5.32 Å². The van der Waals surface area contributed by atoms with Crippen LogP contribution in [0.5, 0.6) is 0 Å². The highest BCUT2D eigenvalue weighted by Crippen LogP contribution is 2.35. The number of piperidine rings is 1. The van der Waals surface area contributed by atoms with Crippen LogP contribution in [0.1, 0.15) is 48.2 Å². The van der Waals surface area contributed by atoms with E-state index in [4.69, 9.17) is 0 Å². The average Bonchev–Trinajstić information content (AvgIpc) is 2.81. The standard InChI is InChI=1S/C16H18N2O3/c1-3-10-5-4-6-11-9-18(14(20)13(10)11)16(2)8-7-12(19)17-15(16)21/h4-6H,3,7-9H2,1-2H3,(H,17,19,21). The van der Waals surface area contributed by atoms with E-state index < -0.39 is 5.54 Å². The van der Waals surface area contributed by atoms with Gasteiger partial charge in [0, 0.05) is 18.5 Å². The van der Waals surface area contributed by atoms with Gasteiger partial charge in [-0.15, -0.1) is 0 Å². The Kier molecular flexibility index (Phi) is 3.08. The van der Waals surface area contributed by atoms with Crippen molar-refractivity contribution in [1.29, 1.82) is 0 Å². The van der Waals surface area contributed by atoms with Crippen LogP contribution < -0.4 is 5.32 Å². The van der Waals surface area contributed by atoms with E-state index in [0.29, 0.717) is 13.0 Å². The number of nitrogens with one attached hydrogen (secondary N) is 1. The van der Waals surface area contributed by atoms with Gasteiger partial charge in [-0.05, 0) is 30.9 Å². The number of hydrogen-bond donors (Lipinski definition) is 1. The quantitative estimate of drug-likeness (QED) is 0.836. The Bertz CT molecular complexity index is 653. The van der Waals surface area contributed by atoms with E-state index in [9.17, 15) is 14.4 Å². The number of hydrogen-bond acceptors (Lipinski definition) is 3. The summed E-state index contributed by atoms with van der Waals surface area (Å²) in [4.78, 5) is 38.0. The Morgan fingerprint density at radius 1 is 1.29 bits per heavy atom. The maximum absolute atomic E-state index is 12.8. The molecule has 1 atom stereocenters. The molecule has 2 heterocycles. The Hall–Kier alpha value is -2.17. The summed E-state index contributed by atoms with van der Waals surface area (Å²) in [5, 5.41) is 2.35. The zero-order valence-corrected chi connectivity index (χ0v) is 12.2. The highest BCUT2D eigenvalue weighted by Gasteiger charge is 2.48. The molecule has 0 spiro atoms.